The number of amides is 1. The second kappa shape index (κ2) is 5.25. The highest BCUT2D eigenvalue weighted by Crippen LogP contribution is 2.27. The number of hydrogen-bond donors (Lipinski definition) is 3. The van der Waals surface area contributed by atoms with E-state index in [1.165, 1.54) is 12.3 Å². The Morgan fingerprint density at radius 2 is 2.14 bits per heavy atom. The number of hydrogen-bond acceptors (Lipinski definition) is 5. The Labute approximate surface area is 121 Å². The Morgan fingerprint density at radius 3 is 2.62 bits per heavy atom. The summed E-state index contributed by atoms with van der Waals surface area (Å²) in [6.45, 7) is 5.12. The van der Waals surface area contributed by atoms with Crippen molar-refractivity contribution in [2.24, 2.45) is 10.9 Å². The summed E-state index contributed by atoms with van der Waals surface area (Å²) in [6, 6.07) is 1.32. The smallest absolute Gasteiger partial charge is 0.338 e. The monoisotopic (exact) mass is 291 g/mol. The van der Waals surface area contributed by atoms with Crippen LogP contribution in [0.15, 0.2) is 17.3 Å². The Morgan fingerprint density at radius 1 is 1.48 bits per heavy atom. The van der Waals surface area contributed by atoms with Gasteiger partial charge < -0.3 is 15.5 Å². The van der Waals surface area contributed by atoms with Gasteiger partial charge in [0.1, 0.15) is 11.2 Å². The van der Waals surface area contributed by atoms with Crippen molar-refractivity contribution in [2.45, 2.75) is 32.9 Å². The summed E-state index contributed by atoms with van der Waals surface area (Å²) in [7, 11) is 0. The molecule has 0 spiro atoms. The third kappa shape index (κ3) is 2.52. The highest BCUT2D eigenvalue weighted by Gasteiger charge is 2.43. The lowest BCUT2D eigenvalue weighted by molar-refractivity contribution is -0.124. The number of aliphatic hydroxyl groups excluding tert-OH is 1. The van der Waals surface area contributed by atoms with Gasteiger partial charge in [0.15, 0.2) is 5.84 Å². The van der Waals surface area contributed by atoms with Crippen molar-refractivity contribution < 1.29 is 19.8 Å². The molecule has 112 valence electrons. The van der Waals surface area contributed by atoms with E-state index in [0.29, 0.717) is 5.56 Å². The van der Waals surface area contributed by atoms with E-state index in [1.807, 2.05) is 13.8 Å². The highest BCUT2D eigenvalue weighted by atomic mass is 16.4. The molecule has 1 amide bonds. The van der Waals surface area contributed by atoms with Crippen molar-refractivity contribution in [1.82, 2.24) is 10.3 Å². The molecule has 1 aliphatic heterocycles. The minimum Gasteiger partial charge on any atom is -0.478 e. The van der Waals surface area contributed by atoms with Crippen molar-refractivity contribution in [1.29, 1.82) is 0 Å². The normalized spacial score (nSPS) is 21.4. The van der Waals surface area contributed by atoms with Gasteiger partial charge in [0.05, 0.1) is 12.2 Å². The van der Waals surface area contributed by atoms with Crippen molar-refractivity contribution in [3.8, 4) is 0 Å². The first kappa shape index (κ1) is 15.1. The number of nitrogens with one attached hydrogen (secondary N) is 1. The molecule has 0 aliphatic carbocycles. The van der Waals surface area contributed by atoms with E-state index in [0.717, 1.165) is 0 Å². The zero-order chi connectivity index (χ0) is 15.8. The van der Waals surface area contributed by atoms with Crippen LogP contribution >= 0.6 is 0 Å². The first-order chi connectivity index (χ1) is 9.79. The molecule has 1 aromatic heterocycles. The first-order valence-corrected chi connectivity index (χ1v) is 6.54. The Kier molecular flexibility index (Phi) is 3.78. The van der Waals surface area contributed by atoms with Crippen molar-refractivity contribution in [3.63, 3.8) is 0 Å². The lowest BCUT2D eigenvalue weighted by Crippen LogP contribution is -2.41. The van der Waals surface area contributed by atoms with Crippen LogP contribution in [0.25, 0.3) is 0 Å². The second-order valence-corrected chi connectivity index (χ2v) is 5.42. The average molecular weight is 291 g/mol. The molecule has 0 saturated carbocycles. The molecule has 7 nitrogen and oxygen atoms in total. The van der Waals surface area contributed by atoms with E-state index in [-0.39, 0.29) is 35.5 Å². The number of aromatic nitrogens is 1. The van der Waals surface area contributed by atoms with Crippen LogP contribution in [0.5, 0.6) is 0 Å². The van der Waals surface area contributed by atoms with E-state index in [9.17, 15) is 14.7 Å². The zero-order valence-electron chi connectivity index (χ0n) is 12.0. The topological polar surface area (TPSA) is 112 Å². The summed E-state index contributed by atoms with van der Waals surface area (Å²) in [6.07, 6.45) is 1.36. The molecule has 0 bridgehead atoms. The SMILES string of the molecule is CC(C)[C@@]1(C)N=C(c2ncc(CO)cc2C(=O)O)NC1=O. The van der Waals surface area contributed by atoms with Gasteiger partial charge in [-0.2, -0.15) is 0 Å². The molecule has 2 rings (SSSR count). The molecular formula is C14H17N3O4. The Balaban J connectivity index is 2.53. The van der Waals surface area contributed by atoms with Crippen LogP contribution in [0.4, 0.5) is 0 Å². The highest BCUT2D eigenvalue weighted by molar-refractivity contribution is 6.17. The van der Waals surface area contributed by atoms with Crippen molar-refractivity contribution >= 4 is 17.7 Å². The van der Waals surface area contributed by atoms with Crippen LogP contribution in [-0.4, -0.2) is 38.4 Å². The van der Waals surface area contributed by atoms with Gasteiger partial charge in [-0.25, -0.2) is 9.79 Å². The number of aliphatic imine (C=N–C) groups is 1. The lowest BCUT2D eigenvalue weighted by Gasteiger charge is -2.21. The number of aliphatic hydroxyl groups is 1. The number of carboxylic acid groups (broad SMARTS) is 1. The summed E-state index contributed by atoms with van der Waals surface area (Å²) in [5.41, 5.74) is -0.568. The van der Waals surface area contributed by atoms with E-state index in [1.54, 1.807) is 6.92 Å². The molecule has 1 aromatic rings. The minimum atomic E-state index is -1.19. The molecule has 0 fully saturated rings. The average Bonchev–Trinajstić information content (AvgIpc) is 2.75. The van der Waals surface area contributed by atoms with Crippen LogP contribution in [0, 0.1) is 5.92 Å². The van der Waals surface area contributed by atoms with E-state index in [2.05, 4.69) is 15.3 Å². The van der Waals surface area contributed by atoms with Gasteiger partial charge in [-0.05, 0) is 24.5 Å². The van der Waals surface area contributed by atoms with Crippen LogP contribution in [-0.2, 0) is 11.4 Å². The van der Waals surface area contributed by atoms with Gasteiger partial charge in [-0.15, -0.1) is 0 Å². The van der Waals surface area contributed by atoms with Gasteiger partial charge in [0.25, 0.3) is 5.91 Å². The second-order valence-electron chi connectivity index (χ2n) is 5.42. The van der Waals surface area contributed by atoms with Gasteiger partial charge in [0, 0.05) is 6.20 Å². The number of rotatable bonds is 4. The molecule has 0 radical (unpaired) electrons. The summed E-state index contributed by atoms with van der Waals surface area (Å²) >= 11 is 0. The maximum absolute atomic E-state index is 12.1. The number of aromatic carboxylic acids is 1. The van der Waals surface area contributed by atoms with E-state index in [4.69, 9.17) is 5.11 Å². The van der Waals surface area contributed by atoms with Gasteiger partial charge in [-0.3, -0.25) is 9.78 Å². The largest absolute Gasteiger partial charge is 0.478 e. The van der Waals surface area contributed by atoms with Gasteiger partial charge >= 0.3 is 5.97 Å². The number of pyridine rings is 1. The van der Waals surface area contributed by atoms with Crippen LogP contribution < -0.4 is 5.32 Å². The number of carbonyl (C=O) groups excluding carboxylic acids is 1. The fourth-order valence-electron chi connectivity index (χ4n) is 1.99. The molecule has 1 aliphatic rings. The Hall–Kier alpha value is -2.28. The van der Waals surface area contributed by atoms with Crippen molar-refractivity contribution in [3.05, 3.63) is 29.1 Å². The summed E-state index contributed by atoms with van der Waals surface area (Å²) in [5.74, 6) is -1.36. The van der Waals surface area contributed by atoms with Gasteiger partial charge in [0.2, 0.25) is 0 Å². The van der Waals surface area contributed by atoms with Crippen LogP contribution in [0.2, 0.25) is 0 Å². The maximum Gasteiger partial charge on any atom is 0.338 e. The third-order valence-electron chi connectivity index (χ3n) is 3.74. The quantitative estimate of drug-likeness (QED) is 0.750. The van der Waals surface area contributed by atoms with E-state index < -0.39 is 11.5 Å². The molecule has 3 N–H and O–H groups in total. The summed E-state index contributed by atoms with van der Waals surface area (Å²) in [4.78, 5) is 31.8. The first-order valence-electron chi connectivity index (χ1n) is 6.54. The van der Waals surface area contributed by atoms with Crippen LogP contribution in [0.3, 0.4) is 0 Å². The third-order valence-corrected chi connectivity index (χ3v) is 3.74. The molecule has 21 heavy (non-hydrogen) atoms. The van der Waals surface area contributed by atoms with Gasteiger partial charge in [-0.1, -0.05) is 13.8 Å². The molecular weight excluding hydrogens is 274 g/mol. The lowest BCUT2D eigenvalue weighted by atomic mass is 9.89. The number of nitrogens with zero attached hydrogens (tertiary/aromatic N) is 2. The predicted molar refractivity (Wildman–Crippen MR) is 75.0 cm³/mol. The number of carboxylic acids is 1. The molecule has 7 heteroatoms. The maximum atomic E-state index is 12.1. The fraction of sp³-hybridized carbons (Fsp3) is 0.429. The fourth-order valence-corrected chi connectivity index (χ4v) is 1.99. The number of carbonyl (C=O) groups is 2. The molecule has 0 unspecified atom stereocenters. The zero-order valence-corrected chi connectivity index (χ0v) is 12.0. The summed E-state index contributed by atoms with van der Waals surface area (Å²) < 4.78 is 0. The Bertz CT molecular complexity index is 639. The molecule has 2 heterocycles. The van der Waals surface area contributed by atoms with Crippen molar-refractivity contribution in [2.75, 3.05) is 0 Å². The molecule has 1 atom stereocenters. The minimum absolute atomic E-state index is 0.0417. The van der Waals surface area contributed by atoms with Crippen LogP contribution in [0.1, 0.15) is 42.4 Å². The summed E-state index contributed by atoms with van der Waals surface area (Å²) in [5, 5.41) is 20.9. The number of amidine groups is 1. The molecule has 0 aromatic carbocycles. The van der Waals surface area contributed by atoms with E-state index >= 15 is 0 Å². The standard InChI is InChI=1S/C14H17N3O4/c1-7(2)14(3)13(21)16-11(17-14)10-9(12(19)20)4-8(6-18)5-15-10/h4-5,7,18H,6H2,1-3H3,(H,19,20)(H,16,17,21)/t14-/m1/s1. The predicted octanol–water partition coefficient (Wildman–Crippen LogP) is 0.563. The molecule has 0 saturated heterocycles.